The first-order valence-electron chi connectivity index (χ1n) is 3.15. The molecule has 1 aliphatic rings. The summed E-state index contributed by atoms with van der Waals surface area (Å²) in [7, 11) is 0. The molecule has 0 spiro atoms. The Morgan fingerprint density at radius 2 is 1.36 bits per heavy atom. The molecule has 11 heavy (non-hydrogen) atoms. The van der Waals surface area contributed by atoms with Crippen LogP contribution in [0.25, 0.3) is 0 Å². The van der Waals surface area contributed by atoms with Crippen molar-refractivity contribution in [2.45, 2.75) is 37.3 Å². The van der Waals surface area contributed by atoms with Gasteiger partial charge >= 0.3 is 11.8 Å². The van der Waals surface area contributed by atoms with Crippen molar-refractivity contribution in [3.05, 3.63) is 0 Å². The number of alkyl halides is 5. The summed E-state index contributed by atoms with van der Waals surface area (Å²) in [5, 5.41) is 0. The average molecular weight is 174 g/mol. The largest absolute Gasteiger partial charge is 0.342 e. The third-order valence-electron chi connectivity index (χ3n) is 2.02. The molecule has 0 aromatic heterocycles. The van der Waals surface area contributed by atoms with E-state index >= 15 is 0 Å². The maximum atomic E-state index is 12.7. The van der Waals surface area contributed by atoms with Gasteiger partial charge in [-0.2, -0.15) is 17.6 Å². The van der Waals surface area contributed by atoms with Gasteiger partial charge in [-0.05, 0) is 13.3 Å². The fourth-order valence-electron chi connectivity index (χ4n) is 1.09. The molecule has 0 radical (unpaired) electrons. The lowest BCUT2D eigenvalue weighted by Gasteiger charge is -2.25. The molecule has 1 atom stereocenters. The van der Waals surface area contributed by atoms with E-state index in [-0.39, 0.29) is 0 Å². The second-order valence-electron chi connectivity index (χ2n) is 2.98. The van der Waals surface area contributed by atoms with Crippen LogP contribution in [0.15, 0.2) is 0 Å². The summed E-state index contributed by atoms with van der Waals surface area (Å²) in [5.74, 6) is -8.70. The molecule has 0 aromatic carbocycles. The predicted octanol–water partition coefficient (Wildman–Crippen LogP) is 2.78. The lowest BCUT2D eigenvalue weighted by Crippen LogP contribution is -2.47. The molecule has 66 valence electrons. The maximum absolute atomic E-state index is 12.7. The summed E-state index contributed by atoms with van der Waals surface area (Å²) < 4.78 is 61.9. The van der Waals surface area contributed by atoms with Crippen molar-refractivity contribution >= 4 is 0 Å². The van der Waals surface area contributed by atoms with Crippen molar-refractivity contribution in [3.63, 3.8) is 0 Å². The van der Waals surface area contributed by atoms with Gasteiger partial charge in [0.05, 0.1) is 0 Å². The van der Waals surface area contributed by atoms with Crippen molar-refractivity contribution in [3.8, 4) is 0 Å². The van der Waals surface area contributed by atoms with E-state index in [0.29, 0.717) is 6.92 Å². The Kier molecular flexibility index (Phi) is 1.49. The lowest BCUT2D eigenvalue weighted by atomic mass is 10.0. The van der Waals surface area contributed by atoms with E-state index in [2.05, 4.69) is 0 Å². The van der Waals surface area contributed by atoms with E-state index < -0.39 is 30.4 Å². The van der Waals surface area contributed by atoms with E-state index in [1.807, 2.05) is 0 Å². The second-order valence-corrected chi connectivity index (χ2v) is 2.98. The van der Waals surface area contributed by atoms with Gasteiger partial charge in [-0.1, -0.05) is 0 Å². The maximum Gasteiger partial charge on any atom is 0.342 e. The number of hydrogen-bond donors (Lipinski definition) is 0. The summed E-state index contributed by atoms with van der Waals surface area (Å²) >= 11 is 0. The standard InChI is InChI=1S/C6H7F5/c1-4(7)2-3-5(8,9)6(4,10)11/h2-3H2,1H3/t4-/m1/s1. The van der Waals surface area contributed by atoms with E-state index in [9.17, 15) is 22.0 Å². The van der Waals surface area contributed by atoms with Gasteiger partial charge < -0.3 is 0 Å². The van der Waals surface area contributed by atoms with Crippen molar-refractivity contribution in [2.24, 2.45) is 0 Å². The molecule has 5 heteroatoms. The molecule has 0 aliphatic heterocycles. The zero-order valence-electron chi connectivity index (χ0n) is 5.80. The Hall–Kier alpha value is -0.350. The second kappa shape index (κ2) is 1.87. The van der Waals surface area contributed by atoms with E-state index in [1.54, 1.807) is 0 Å². The molecule has 1 saturated carbocycles. The zero-order chi connectivity index (χ0) is 8.91. The number of halogens is 5. The van der Waals surface area contributed by atoms with Crippen molar-refractivity contribution in [1.82, 2.24) is 0 Å². The molecule has 0 unspecified atom stereocenters. The predicted molar refractivity (Wildman–Crippen MR) is 28.6 cm³/mol. The van der Waals surface area contributed by atoms with Crippen molar-refractivity contribution in [1.29, 1.82) is 0 Å². The van der Waals surface area contributed by atoms with Gasteiger partial charge in [0.1, 0.15) is 0 Å². The fourth-order valence-corrected chi connectivity index (χ4v) is 1.09. The summed E-state index contributed by atoms with van der Waals surface area (Å²) in [6.07, 6.45) is -1.86. The number of rotatable bonds is 0. The van der Waals surface area contributed by atoms with Gasteiger partial charge in [-0.3, -0.25) is 0 Å². The Balaban J connectivity index is 3.00. The van der Waals surface area contributed by atoms with Crippen LogP contribution in [-0.2, 0) is 0 Å². The Labute approximate surface area is 60.4 Å². The lowest BCUT2D eigenvalue weighted by molar-refractivity contribution is -0.231. The molecule has 1 rings (SSSR count). The highest BCUT2D eigenvalue weighted by atomic mass is 19.3. The highest BCUT2D eigenvalue weighted by molar-refractivity contribution is 5.06. The average Bonchev–Trinajstić information content (AvgIpc) is 1.93. The molecule has 0 saturated heterocycles. The molecule has 0 nitrogen and oxygen atoms in total. The highest BCUT2D eigenvalue weighted by Gasteiger charge is 2.72. The van der Waals surface area contributed by atoms with Crippen molar-refractivity contribution < 1.29 is 22.0 Å². The van der Waals surface area contributed by atoms with Gasteiger partial charge in [-0.15, -0.1) is 0 Å². The summed E-state index contributed by atoms with van der Waals surface area (Å²) in [4.78, 5) is 0. The molecular formula is C6H7F5. The van der Waals surface area contributed by atoms with Gasteiger partial charge in [0.25, 0.3) is 0 Å². The number of hydrogen-bond acceptors (Lipinski definition) is 0. The molecule has 0 N–H and O–H groups in total. The first-order chi connectivity index (χ1) is 4.71. The fraction of sp³-hybridized carbons (Fsp3) is 1.00. The molecule has 0 bridgehead atoms. The SMILES string of the molecule is C[C@@]1(F)CCC(F)(F)C1(F)F. The smallest absolute Gasteiger partial charge is 0.237 e. The molecule has 0 amide bonds. The molecular weight excluding hydrogens is 167 g/mol. The monoisotopic (exact) mass is 174 g/mol. The minimum Gasteiger partial charge on any atom is -0.237 e. The van der Waals surface area contributed by atoms with Crippen LogP contribution in [0, 0.1) is 0 Å². The normalized spacial score (nSPS) is 40.9. The highest BCUT2D eigenvalue weighted by Crippen LogP contribution is 2.55. The van der Waals surface area contributed by atoms with E-state index in [0.717, 1.165) is 0 Å². The summed E-state index contributed by atoms with van der Waals surface area (Å²) in [5.41, 5.74) is -3.06. The Morgan fingerprint density at radius 1 is 0.909 bits per heavy atom. The third-order valence-corrected chi connectivity index (χ3v) is 2.02. The summed E-state index contributed by atoms with van der Waals surface area (Å²) in [6.45, 7) is 0.508. The minimum atomic E-state index is -4.51. The quantitative estimate of drug-likeness (QED) is 0.495. The van der Waals surface area contributed by atoms with Gasteiger partial charge in [0.2, 0.25) is 0 Å². The molecule has 0 heterocycles. The zero-order valence-corrected chi connectivity index (χ0v) is 5.80. The van der Waals surface area contributed by atoms with Gasteiger partial charge in [0.15, 0.2) is 5.67 Å². The Bertz CT molecular complexity index is 154. The third kappa shape index (κ3) is 0.929. The van der Waals surface area contributed by atoms with Crippen LogP contribution in [0.2, 0.25) is 0 Å². The van der Waals surface area contributed by atoms with Crippen LogP contribution < -0.4 is 0 Å². The molecule has 1 fully saturated rings. The van der Waals surface area contributed by atoms with Gasteiger partial charge in [-0.25, -0.2) is 4.39 Å². The first-order valence-corrected chi connectivity index (χ1v) is 3.15. The van der Waals surface area contributed by atoms with E-state index in [4.69, 9.17) is 0 Å². The Morgan fingerprint density at radius 3 is 1.45 bits per heavy atom. The molecule has 0 aromatic rings. The minimum absolute atomic E-state index is 0.508. The summed E-state index contributed by atoms with van der Waals surface area (Å²) in [6, 6.07) is 0. The van der Waals surface area contributed by atoms with Crippen LogP contribution in [0.1, 0.15) is 19.8 Å². The van der Waals surface area contributed by atoms with Crippen LogP contribution >= 0.6 is 0 Å². The van der Waals surface area contributed by atoms with Crippen LogP contribution in [0.4, 0.5) is 22.0 Å². The van der Waals surface area contributed by atoms with Crippen LogP contribution in [-0.4, -0.2) is 17.5 Å². The topological polar surface area (TPSA) is 0 Å². The van der Waals surface area contributed by atoms with Crippen LogP contribution in [0.5, 0.6) is 0 Å². The van der Waals surface area contributed by atoms with Gasteiger partial charge in [0, 0.05) is 6.42 Å². The van der Waals surface area contributed by atoms with Crippen LogP contribution in [0.3, 0.4) is 0 Å². The molecule has 1 aliphatic carbocycles. The van der Waals surface area contributed by atoms with E-state index in [1.165, 1.54) is 0 Å². The first kappa shape index (κ1) is 8.74. The van der Waals surface area contributed by atoms with Crippen molar-refractivity contribution in [2.75, 3.05) is 0 Å².